The molecule has 20 heavy (non-hydrogen) atoms. The molecular formula is C16H17BrN2O. The molecule has 1 aromatic heterocycles. The Balaban J connectivity index is 1.81. The van der Waals surface area contributed by atoms with Crippen molar-refractivity contribution in [1.82, 2.24) is 10.3 Å². The largest absolute Gasteiger partial charge is 0.493 e. The Hall–Kier alpha value is -1.39. The molecule has 0 bridgehead atoms. The first kappa shape index (κ1) is 13.6. The molecule has 3 nitrogen and oxygen atoms in total. The lowest BCUT2D eigenvalue weighted by molar-refractivity contribution is 0.246. The van der Waals surface area contributed by atoms with Crippen LogP contribution in [0.2, 0.25) is 0 Å². The average molecular weight is 333 g/mol. The van der Waals surface area contributed by atoms with Gasteiger partial charge in [0.15, 0.2) is 0 Å². The Labute approximate surface area is 127 Å². The van der Waals surface area contributed by atoms with Crippen LogP contribution in [0.4, 0.5) is 0 Å². The van der Waals surface area contributed by atoms with Gasteiger partial charge in [-0.15, -0.1) is 0 Å². The van der Waals surface area contributed by atoms with Crippen LogP contribution in [0.5, 0.6) is 5.75 Å². The fourth-order valence-corrected chi connectivity index (χ4v) is 2.95. The smallest absolute Gasteiger partial charge is 0.124 e. The van der Waals surface area contributed by atoms with E-state index in [9.17, 15) is 0 Å². The summed E-state index contributed by atoms with van der Waals surface area (Å²) in [6.45, 7) is 2.93. The number of nitrogens with zero attached hydrogens (tertiary/aromatic N) is 1. The lowest BCUT2D eigenvalue weighted by Gasteiger charge is -2.29. The number of hydrogen-bond acceptors (Lipinski definition) is 3. The highest BCUT2D eigenvalue weighted by molar-refractivity contribution is 9.10. The molecule has 1 unspecified atom stereocenters. The summed E-state index contributed by atoms with van der Waals surface area (Å²) in [5, 5.41) is 3.68. The van der Waals surface area contributed by atoms with E-state index >= 15 is 0 Å². The summed E-state index contributed by atoms with van der Waals surface area (Å²) in [6.07, 6.45) is 4.70. The van der Waals surface area contributed by atoms with Gasteiger partial charge in [0, 0.05) is 40.9 Å². The molecule has 0 amide bonds. The van der Waals surface area contributed by atoms with E-state index < -0.39 is 0 Å². The maximum atomic E-state index is 5.72. The number of hydrogen-bond donors (Lipinski definition) is 1. The minimum absolute atomic E-state index is 0.263. The molecule has 0 fully saturated rings. The van der Waals surface area contributed by atoms with Crippen molar-refractivity contribution in [2.75, 3.05) is 6.61 Å². The maximum Gasteiger partial charge on any atom is 0.124 e. The van der Waals surface area contributed by atoms with Crippen molar-refractivity contribution in [2.45, 2.75) is 25.4 Å². The molecule has 0 saturated heterocycles. The first-order valence-electron chi connectivity index (χ1n) is 6.82. The van der Waals surface area contributed by atoms with Crippen molar-refractivity contribution in [1.29, 1.82) is 0 Å². The minimum Gasteiger partial charge on any atom is -0.493 e. The van der Waals surface area contributed by atoms with Crippen molar-refractivity contribution in [2.24, 2.45) is 0 Å². The van der Waals surface area contributed by atoms with Gasteiger partial charge in [0.1, 0.15) is 5.75 Å². The molecule has 1 N–H and O–H groups in total. The SMILES string of the molecule is C[C@H](NC1CCOc2ccc(Br)cc21)c1cccnc1. The Bertz CT molecular complexity index is 588. The first-order valence-corrected chi connectivity index (χ1v) is 7.61. The molecule has 0 spiro atoms. The molecule has 0 aliphatic carbocycles. The van der Waals surface area contributed by atoms with Crippen LogP contribution in [0.25, 0.3) is 0 Å². The van der Waals surface area contributed by atoms with Crippen molar-refractivity contribution in [3.63, 3.8) is 0 Å². The predicted molar refractivity (Wildman–Crippen MR) is 82.8 cm³/mol. The Morgan fingerprint density at radius 2 is 2.30 bits per heavy atom. The van der Waals surface area contributed by atoms with E-state index in [1.165, 1.54) is 11.1 Å². The Kier molecular flexibility index (Phi) is 4.03. The zero-order chi connectivity index (χ0) is 13.9. The molecule has 2 aromatic rings. The molecule has 0 saturated carbocycles. The topological polar surface area (TPSA) is 34.1 Å². The predicted octanol–water partition coefficient (Wildman–Crippen LogP) is 4.02. The zero-order valence-corrected chi connectivity index (χ0v) is 12.9. The molecule has 0 radical (unpaired) electrons. The van der Waals surface area contributed by atoms with Gasteiger partial charge in [0.2, 0.25) is 0 Å². The summed E-state index contributed by atoms with van der Waals surface area (Å²) < 4.78 is 6.81. The van der Waals surface area contributed by atoms with Crippen LogP contribution in [0.3, 0.4) is 0 Å². The molecule has 1 aromatic carbocycles. The molecule has 104 valence electrons. The lowest BCUT2D eigenvalue weighted by Crippen LogP contribution is -2.29. The summed E-state index contributed by atoms with van der Waals surface area (Å²) in [5.74, 6) is 0.982. The van der Waals surface area contributed by atoms with Gasteiger partial charge in [-0.1, -0.05) is 22.0 Å². The van der Waals surface area contributed by atoms with E-state index in [0.29, 0.717) is 6.04 Å². The summed E-state index contributed by atoms with van der Waals surface area (Å²) in [4.78, 5) is 4.19. The number of fused-ring (bicyclic) bond motifs is 1. The molecule has 1 aliphatic rings. The quantitative estimate of drug-likeness (QED) is 0.921. The third-order valence-corrected chi connectivity index (χ3v) is 4.14. The van der Waals surface area contributed by atoms with Gasteiger partial charge in [-0.25, -0.2) is 0 Å². The van der Waals surface area contributed by atoms with Gasteiger partial charge in [0.05, 0.1) is 6.61 Å². The number of halogens is 1. The highest BCUT2D eigenvalue weighted by Crippen LogP contribution is 2.35. The van der Waals surface area contributed by atoms with Gasteiger partial charge in [-0.2, -0.15) is 0 Å². The zero-order valence-electron chi connectivity index (χ0n) is 11.3. The molecule has 1 aliphatic heterocycles. The molecule has 2 atom stereocenters. The van der Waals surface area contributed by atoms with E-state index in [1.54, 1.807) is 6.20 Å². The summed E-state index contributed by atoms with van der Waals surface area (Å²) in [6, 6.07) is 10.8. The lowest BCUT2D eigenvalue weighted by atomic mass is 9.99. The van der Waals surface area contributed by atoms with E-state index in [-0.39, 0.29) is 6.04 Å². The van der Waals surface area contributed by atoms with Gasteiger partial charge in [-0.3, -0.25) is 4.98 Å². The minimum atomic E-state index is 0.263. The van der Waals surface area contributed by atoms with Crippen molar-refractivity contribution >= 4 is 15.9 Å². The van der Waals surface area contributed by atoms with Crippen molar-refractivity contribution in [3.05, 3.63) is 58.3 Å². The fourth-order valence-electron chi connectivity index (χ4n) is 2.57. The van der Waals surface area contributed by atoms with Crippen LogP contribution in [0.1, 0.15) is 36.6 Å². The second-order valence-corrected chi connectivity index (χ2v) is 5.96. The average Bonchev–Trinajstić information content (AvgIpc) is 2.49. The van der Waals surface area contributed by atoms with Gasteiger partial charge < -0.3 is 10.1 Å². The molecule has 3 rings (SSSR count). The van der Waals surface area contributed by atoms with Crippen molar-refractivity contribution in [3.8, 4) is 5.75 Å². The van der Waals surface area contributed by atoms with E-state index in [0.717, 1.165) is 23.2 Å². The van der Waals surface area contributed by atoms with Crippen LogP contribution < -0.4 is 10.1 Å². The highest BCUT2D eigenvalue weighted by atomic mass is 79.9. The molecule has 4 heteroatoms. The van der Waals surface area contributed by atoms with E-state index in [2.05, 4.69) is 45.3 Å². The number of benzene rings is 1. The van der Waals surface area contributed by atoms with Crippen LogP contribution in [-0.2, 0) is 0 Å². The van der Waals surface area contributed by atoms with Crippen LogP contribution in [0.15, 0.2) is 47.2 Å². The summed E-state index contributed by atoms with van der Waals surface area (Å²) >= 11 is 3.54. The Morgan fingerprint density at radius 3 is 3.10 bits per heavy atom. The highest BCUT2D eigenvalue weighted by Gasteiger charge is 2.23. The van der Waals surface area contributed by atoms with Crippen LogP contribution >= 0.6 is 15.9 Å². The number of nitrogens with one attached hydrogen (secondary N) is 1. The normalized spacial score (nSPS) is 19.0. The number of rotatable bonds is 3. The first-order chi connectivity index (χ1) is 9.74. The second kappa shape index (κ2) is 5.94. The van der Waals surface area contributed by atoms with Crippen molar-refractivity contribution < 1.29 is 4.74 Å². The van der Waals surface area contributed by atoms with E-state index in [1.807, 2.05) is 24.4 Å². The molecular weight excluding hydrogens is 316 g/mol. The van der Waals surface area contributed by atoms with Gasteiger partial charge in [0.25, 0.3) is 0 Å². The van der Waals surface area contributed by atoms with Gasteiger partial charge in [-0.05, 0) is 36.8 Å². The van der Waals surface area contributed by atoms with Crippen LogP contribution in [0, 0.1) is 0 Å². The van der Waals surface area contributed by atoms with Crippen LogP contribution in [-0.4, -0.2) is 11.6 Å². The second-order valence-electron chi connectivity index (χ2n) is 5.05. The summed E-state index contributed by atoms with van der Waals surface area (Å²) in [5.41, 5.74) is 2.43. The number of pyridine rings is 1. The maximum absolute atomic E-state index is 5.72. The fraction of sp³-hybridized carbons (Fsp3) is 0.312. The van der Waals surface area contributed by atoms with E-state index in [4.69, 9.17) is 4.74 Å². The standard InChI is InChI=1S/C16H17BrN2O/c1-11(12-3-2-7-18-10-12)19-15-6-8-20-16-5-4-13(17)9-14(15)16/h2-5,7,9-11,15,19H,6,8H2,1H3/t11-,15?/m0/s1. The monoisotopic (exact) mass is 332 g/mol. The number of ether oxygens (including phenoxy) is 1. The third-order valence-electron chi connectivity index (χ3n) is 3.65. The summed E-state index contributed by atoms with van der Waals surface area (Å²) in [7, 11) is 0. The Morgan fingerprint density at radius 1 is 1.40 bits per heavy atom. The third kappa shape index (κ3) is 2.86. The molecule has 2 heterocycles. The van der Waals surface area contributed by atoms with Gasteiger partial charge >= 0.3 is 0 Å². The number of aromatic nitrogens is 1.